The summed E-state index contributed by atoms with van der Waals surface area (Å²) >= 11 is 0. The molecule has 6 nitrogen and oxygen atoms in total. The van der Waals surface area contributed by atoms with Crippen LogP contribution in [0, 0.1) is 0 Å². The molecule has 120 valence electrons. The molecule has 0 fully saturated rings. The summed E-state index contributed by atoms with van der Waals surface area (Å²) < 4.78 is 31.2. The van der Waals surface area contributed by atoms with Gasteiger partial charge < -0.3 is 15.8 Å². The first-order valence-electron chi connectivity index (χ1n) is 7.05. The topological polar surface area (TPSA) is 93.5 Å². The number of hydrogen-bond acceptors (Lipinski definition) is 5. The SMILES string of the molecule is CNS(=O)(=O)c1ccc(N)c(NCCCCOC(C)C)c1. The maximum atomic E-state index is 11.7. The van der Waals surface area contributed by atoms with E-state index >= 15 is 0 Å². The van der Waals surface area contributed by atoms with Crippen LogP contribution in [-0.2, 0) is 14.8 Å². The molecule has 0 amide bonds. The fourth-order valence-corrected chi connectivity index (χ4v) is 2.50. The zero-order valence-electron chi connectivity index (χ0n) is 12.8. The van der Waals surface area contributed by atoms with E-state index in [9.17, 15) is 8.42 Å². The van der Waals surface area contributed by atoms with Gasteiger partial charge in [0.1, 0.15) is 0 Å². The quantitative estimate of drug-likeness (QED) is 0.477. The third kappa shape index (κ3) is 5.91. The van der Waals surface area contributed by atoms with Crippen LogP contribution in [0.4, 0.5) is 11.4 Å². The minimum atomic E-state index is -3.45. The molecule has 1 aromatic rings. The third-order valence-electron chi connectivity index (χ3n) is 2.94. The van der Waals surface area contributed by atoms with E-state index in [0.29, 0.717) is 17.9 Å². The molecule has 0 heterocycles. The summed E-state index contributed by atoms with van der Waals surface area (Å²) in [6, 6.07) is 4.63. The number of ether oxygens (including phenoxy) is 1. The molecule has 0 saturated carbocycles. The normalized spacial score (nSPS) is 11.8. The number of hydrogen-bond donors (Lipinski definition) is 3. The minimum Gasteiger partial charge on any atom is -0.397 e. The summed E-state index contributed by atoms with van der Waals surface area (Å²) in [4.78, 5) is 0.199. The van der Waals surface area contributed by atoms with Crippen LogP contribution in [0.15, 0.2) is 23.1 Å². The van der Waals surface area contributed by atoms with Crippen molar-refractivity contribution in [1.29, 1.82) is 0 Å². The van der Waals surface area contributed by atoms with Crippen molar-refractivity contribution in [1.82, 2.24) is 4.72 Å². The number of nitrogens with one attached hydrogen (secondary N) is 2. The molecule has 0 aliphatic carbocycles. The summed E-state index contributed by atoms with van der Waals surface area (Å²) in [6.07, 6.45) is 2.12. The first-order valence-corrected chi connectivity index (χ1v) is 8.53. The molecule has 0 spiro atoms. The number of nitrogens with two attached hydrogens (primary N) is 1. The van der Waals surface area contributed by atoms with Crippen molar-refractivity contribution in [2.24, 2.45) is 0 Å². The molecule has 4 N–H and O–H groups in total. The predicted octanol–water partition coefficient (Wildman–Crippen LogP) is 1.79. The van der Waals surface area contributed by atoms with Crippen LogP contribution < -0.4 is 15.8 Å². The number of benzene rings is 1. The average Bonchev–Trinajstić information content (AvgIpc) is 2.43. The van der Waals surface area contributed by atoms with E-state index in [1.807, 2.05) is 13.8 Å². The second-order valence-electron chi connectivity index (χ2n) is 5.01. The predicted molar refractivity (Wildman–Crippen MR) is 85.9 cm³/mol. The summed E-state index contributed by atoms with van der Waals surface area (Å²) in [5.41, 5.74) is 7.02. The van der Waals surface area contributed by atoms with Crippen LogP contribution in [0.3, 0.4) is 0 Å². The highest BCUT2D eigenvalue weighted by Gasteiger charge is 2.12. The Morgan fingerprint density at radius 2 is 2.00 bits per heavy atom. The Hall–Kier alpha value is -1.31. The van der Waals surface area contributed by atoms with E-state index in [-0.39, 0.29) is 11.0 Å². The molecule has 0 aliphatic heterocycles. The summed E-state index contributed by atoms with van der Waals surface area (Å²) in [6.45, 7) is 5.46. The first kappa shape index (κ1) is 17.7. The lowest BCUT2D eigenvalue weighted by molar-refractivity contribution is 0.0765. The van der Waals surface area contributed by atoms with Crippen molar-refractivity contribution in [3.8, 4) is 0 Å². The lowest BCUT2D eigenvalue weighted by Crippen LogP contribution is -2.19. The maximum absolute atomic E-state index is 11.7. The highest BCUT2D eigenvalue weighted by Crippen LogP contribution is 2.22. The van der Waals surface area contributed by atoms with E-state index in [2.05, 4.69) is 10.0 Å². The molecule has 0 saturated heterocycles. The standard InChI is InChI=1S/C14H25N3O3S/c1-11(2)20-9-5-4-8-17-14-10-12(6-7-13(14)15)21(18,19)16-3/h6-7,10-11,16-17H,4-5,8-9,15H2,1-3H3. The van der Waals surface area contributed by atoms with Crippen molar-refractivity contribution in [3.05, 3.63) is 18.2 Å². The Balaban J connectivity index is 2.53. The lowest BCUT2D eigenvalue weighted by Gasteiger charge is -2.12. The Bertz CT molecular complexity index is 544. The Labute approximate surface area is 127 Å². The van der Waals surface area contributed by atoms with Gasteiger partial charge in [0.2, 0.25) is 10.0 Å². The molecule has 0 unspecified atom stereocenters. The van der Waals surface area contributed by atoms with Crippen LogP contribution in [0.2, 0.25) is 0 Å². The van der Waals surface area contributed by atoms with E-state index < -0.39 is 10.0 Å². The molecule has 0 bridgehead atoms. The fraction of sp³-hybridized carbons (Fsp3) is 0.571. The van der Waals surface area contributed by atoms with Crippen molar-refractivity contribution in [3.63, 3.8) is 0 Å². The van der Waals surface area contributed by atoms with Gasteiger partial charge >= 0.3 is 0 Å². The third-order valence-corrected chi connectivity index (χ3v) is 4.35. The first-order chi connectivity index (χ1) is 9.86. The maximum Gasteiger partial charge on any atom is 0.240 e. The van der Waals surface area contributed by atoms with Gasteiger partial charge in [-0.25, -0.2) is 13.1 Å². The van der Waals surface area contributed by atoms with Crippen LogP contribution >= 0.6 is 0 Å². The zero-order valence-corrected chi connectivity index (χ0v) is 13.7. The van der Waals surface area contributed by atoms with Crippen LogP contribution in [0.1, 0.15) is 26.7 Å². The number of rotatable bonds is 9. The molecule has 0 aromatic heterocycles. The van der Waals surface area contributed by atoms with Crippen LogP contribution in [-0.4, -0.2) is 34.7 Å². The Kier molecular flexibility index (Phi) is 6.94. The van der Waals surface area contributed by atoms with Gasteiger partial charge in [-0.3, -0.25) is 0 Å². The fourth-order valence-electron chi connectivity index (χ4n) is 1.74. The molecule has 0 aliphatic rings. The monoisotopic (exact) mass is 315 g/mol. The Morgan fingerprint density at radius 1 is 1.29 bits per heavy atom. The van der Waals surface area contributed by atoms with Crippen LogP contribution in [0.25, 0.3) is 0 Å². The smallest absolute Gasteiger partial charge is 0.240 e. The number of sulfonamides is 1. The zero-order chi connectivity index (χ0) is 15.9. The van der Waals surface area contributed by atoms with Crippen molar-refractivity contribution in [2.75, 3.05) is 31.2 Å². The van der Waals surface area contributed by atoms with E-state index in [1.54, 1.807) is 12.1 Å². The van der Waals surface area contributed by atoms with Gasteiger partial charge in [-0.2, -0.15) is 0 Å². The molecule has 0 radical (unpaired) electrons. The molecule has 0 atom stereocenters. The van der Waals surface area contributed by atoms with Gasteiger partial charge in [-0.15, -0.1) is 0 Å². The largest absolute Gasteiger partial charge is 0.397 e. The van der Waals surface area contributed by atoms with Gasteiger partial charge in [0.15, 0.2) is 0 Å². The van der Waals surface area contributed by atoms with Crippen molar-refractivity contribution < 1.29 is 13.2 Å². The van der Waals surface area contributed by atoms with E-state index in [4.69, 9.17) is 10.5 Å². The van der Waals surface area contributed by atoms with Crippen molar-refractivity contribution >= 4 is 21.4 Å². The molecular weight excluding hydrogens is 290 g/mol. The van der Waals surface area contributed by atoms with E-state index in [0.717, 1.165) is 19.4 Å². The highest BCUT2D eigenvalue weighted by molar-refractivity contribution is 7.89. The number of anilines is 2. The average molecular weight is 315 g/mol. The van der Waals surface area contributed by atoms with Gasteiger partial charge in [-0.1, -0.05) is 0 Å². The van der Waals surface area contributed by atoms with Crippen molar-refractivity contribution in [2.45, 2.75) is 37.7 Å². The number of nitrogen functional groups attached to an aromatic ring is 1. The van der Waals surface area contributed by atoms with E-state index in [1.165, 1.54) is 13.1 Å². The van der Waals surface area contributed by atoms with Crippen LogP contribution in [0.5, 0.6) is 0 Å². The molecule has 7 heteroatoms. The van der Waals surface area contributed by atoms with Gasteiger partial charge in [0, 0.05) is 13.2 Å². The molecule has 1 rings (SSSR count). The summed E-state index contributed by atoms with van der Waals surface area (Å²) in [5, 5.41) is 3.16. The minimum absolute atomic E-state index is 0.199. The lowest BCUT2D eigenvalue weighted by atomic mass is 10.2. The summed E-state index contributed by atoms with van der Waals surface area (Å²) in [5.74, 6) is 0. The summed E-state index contributed by atoms with van der Waals surface area (Å²) in [7, 11) is -2.07. The highest BCUT2D eigenvalue weighted by atomic mass is 32.2. The molecule has 21 heavy (non-hydrogen) atoms. The molecule has 1 aromatic carbocycles. The Morgan fingerprint density at radius 3 is 2.62 bits per heavy atom. The molecular formula is C14H25N3O3S. The second kappa shape index (κ2) is 8.21. The van der Waals surface area contributed by atoms with Gasteiger partial charge in [-0.05, 0) is 51.9 Å². The van der Waals surface area contributed by atoms with Gasteiger partial charge in [0.05, 0.1) is 22.4 Å². The number of unbranched alkanes of at least 4 members (excludes halogenated alkanes) is 1. The van der Waals surface area contributed by atoms with Gasteiger partial charge in [0.25, 0.3) is 0 Å². The second-order valence-corrected chi connectivity index (χ2v) is 6.90.